The Balaban J connectivity index is 1.56. The molecule has 0 saturated carbocycles. The first-order valence-corrected chi connectivity index (χ1v) is 11.4. The molecule has 1 amide bonds. The number of hydrogen-bond donors (Lipinski definition) is 1. The zero-order valence-electron chi connectivity index (χ0n) is 20.3. The van der Waals surface area contributed by atoms with E-state index in [0.29, 0.717) is 49.1 Å². The van der Waals surface area contributed by atoms with Crippen LogP contribution >= 0.6 is 0 Å². The second-order valence-corrected chi connectivity index (χ2v) is 7.69. The highest BCUT2D eigenvalue weighted by molar-refractivity contribution is 6.10. The Morgan fingerprint density at radius 1 is 1.17 bits per heavy atom. The Kier molecular flexibility index (Phi) is 10.3. The van der Waals surface area contributed by atoms with Crippen LogP contribution in [0.4, 0.5) is 5.82 Å². The van der Waals surface area contributed by atoms with Crippen LogP contribution in [0.3, 0.4) is 0 Å². The van der Waals surface area contributed by atoms with Gasteiger partial charge < -0.3 is 19.6 Å². The number of amides is 1. The minimum Gasteiger partial charge on any atom is -0.389 e. The third kappa shape index (κ3) is 8.23. The Labute approximate surface area is 204 Å². The first-order chi connectivity index (χ1) is 17.1. The lowest BCUT2D eigenvalue weighted by Crippen LogP contribution is -2.20. The molecule has 3 aromatic rings. The second kappa shape index (κ2) is 13.9. The molecule has 1 aromatic carbocycles. The van der Waals surface area contributed by atoms with Crippen LogP contribution in [-0.4, -0.2) is 63.2 Å². The molecule has 2 heterocycles. The zero-order chi connectivity index (χ0) is 24.9. The summed E-state index contributed by atoms with van der Waals surface area (Å²) in [6.07, 6.45) is 1.80. The number of pyridine rings is 1. The van der Waals surface area contributed by atoms with Gasteiger partial charge in [-0.1, -0.05) is 41.6 Å². The first kappa shape index (κ1) is 25.9. The summed E-state index contributed by atoms with van der Waals surface area (Å²) >= 11 is 0. The number of anilines is 1. The van der Waals surface area contributed by atoms with Gasteiger partial charge in [-0.2, -0.15) is 0 Å². The maximum Gasteiger partial charge on any atom is 0.225 e. The Morgan fingerprint density at radius 3 is 2.71 bits per heavy atom. The lowest BCUT2D eigenvalue weighted by Gasteiger charge is -2.15. The minimum atomic E-state index is -0.109. The smallest absolute Gasteiger partial charge is 0.225 e. The first-order valence-electron chi connectivity index (χ1n) is 11.4. The average molecular weight is 482 g/mol. The van der Waals surface area contributed by atoms with E-state index in [1.54, 1.807) is 32.4 Å². The number of rotatable bonds is 14. The molecule has 35 heavy (non-hydrogen) atoms. The van der Waals surface area contributed by atoms with E-state index in [2.05, 4.69) is 31.0 Å². The normalized spacial score (nSPS) is 12.4. The van der Waals surface area contributed by atoms with Gasteiger partial charge in [0, 0.05) is 32.7 Å². The summed E-state index contributed by atoms with van der Waals surface area (Å²) in [4.78, 5) is 22.4. The van der Waals surface area contributed by atoms with Crippen LogP contribution in [0.15, 0.2) is 53.7 Å². The third-order valence-electron chi connectivity index (χ3n) is 5.01. The molecule has 0 aliphatic heterocycles. The molecule has 11 nitrogen and oxygen atoms in total. The lowest BCUT2D eigenvalue weighted by molar-refractivity contribution is -0.116. The fourth-order valence-electron chi connectivity index (χ4n) is 3.37. The highest BCUT2D eigenvalue weighted by Gasteiger charge is 2.15. The fourth-order valence-corrected chi connectivity index (χ4v) is 3.37. The number of carbonyl (C=O) groups is 1. The van der Waals surface area contributed by atoms with Gasteiger partial charge in [0.2, 0.25) is 11.7 Å². The number of ether oxygens (including phenoxy) is 2. The Hall–Kier alpha value is -3.70. The van der Waals surface area contributed by atoms with Crippen LogP contribution < -0.4 is 5.32 Å². The Bertz CT molecular complexity index is 1080. The van der Waals surface area contributed by atoms with E-state index < -0.39 is 0 Å². The minimum absolute atomic E-state index is 0.00457. The van der Waals surface area contributed by atoms with Gasteiger partial charge in [0.25, 0.3) is 0 Å². The molecular formula is C24H31N7O4. The summed E-state index contributed by atoms with van der Waals surface area (Å²) < 4.78 is 12.3. The summed E-state index contributed by atoms with van der Waals surface area (Å²) in [6.45, 7) is 3.18. The molecule has 1 unspecified atom stereocenters. The molecule has 1 N–H and O–H groups in total. The fraction of sp³-hybridized carbons (Fsp3) is 0.417. The van der Waals surface area contributed by atoms with Crippen molar-refractivity contribution in [3.05, 3.63) is 65.6 Å². The largest absolute Gasteiger partial charge is 0.389 e. The molecule has 0 fully saturated rings. The number of tetrazole rings is 1. The van der Waals surface area contributed by atoms with Crippen molar-refractivity contribution in [2.75, 3.05) is 25.6 Å². The van der Waals surface area contributed by atoms with E-state index in [1.165, 1.54) is 4.68 Å². The maximum absolute atomic E-state index is 12.3. The van der Waals surface area contributed by atoms with Crippen LogP contribution in [0, 0.1) is 0 Å². The highest BCUT2D eigenvalue weighted by atomic mass is 16.6. The number of aryl methyl sites for hydroxylation is 1. The molecular weight excluding hydrogens is 450 g/mol. The SMILES string of the molecule is CCOC(CCCC(=O)Nc1cccc(CO/N=C(/c2ccccc2)c2nnnn2C)n1)COC. The van der Waals surface area contributed by atoms with Crippen molar-refractivity contribution in [2.45, 2.75) is 38.9 Å². The molecule has 0 aliphatic rings. The van der Waals surface area contributed by atoms with Crippen molar-refractivity contribution in [3.63, 3.8) is 0 Å². The van der Waals surface area contributed by atoms with Crippen molar-refractivity contribution < 1.29 is 19.1 Å². The molecule has 1 atom stereocenters. The van der Waals surface area contributed by atoms with E-state index in [1.807, 2.05) is 37.3 Å². The number of oxime groups is 1. The molecule has 0 spiro atoms. The van der Waals surface area contributed by atoms with Crippen LogP contribution in [0.1, 0.15) is 43.3 Å². The van der Waals surface area contributed by atoms with Gasteiger partial charge in [-0.3, -0.25) is 4.79 Å². The number of nitrogens with one attached hydrogen (secondary N) is 1. The predicted octanol–water partition coefficient (Wildman–Crippen LogP) is 2.73. The molecule has 0 aliphatic carbocycles. The molecule has 3 rings (SSSR count). The summed E-state index contributed by atoms with van der Waals surface area (Å²) in [5, 5.41) is 18.7. The summed E-state index contributed by atoms with van der Waals surface area (Å²) in [5.41, 5.74) is 1.93. The van der Waals surface area contributed by atoms with Crippen LogP contribution in [0.25, 0.3) is 0 Å². The van der Waals surface area contributed by atoms with Crippen molar-refractivity contribution in [2.24, 2.45) is 12.2 Å². The monoisotopic (exact) mass is 481 g/mol. The quantitative estimate of drug-likeness (QED) is 0.275. The van der Waals surface area contributed by atoms with E-state index in [-0.39, 0.29) is 18.6 Å². The lowest BCUT2D eigenvalue weighted by atomic mass is 10.1. The highest BCUT2D eigenvalue weighted by Crippen LogP contribution is 2.12. The van der Waals surface area contributed by atoms with E-state index in [0.717, 1.165) is 12.0 Å². The van der Waals surface area contributed by atoms with Crippen LogP contribution in [-0.2, 0) is 32.8 Å². The van der Waals surface area contributed by atoms with Gasteiger partial charge in [0.15, 0.2) is 12.3 Å². The van der Waals surface area contributed by atoms with Crippen LogP contribution in [0.2, 0.25) is 0 Å². The molecule has 11 heteroatoms. The standard InChI is InChI=1S/C24H31N7O4/c1-4-34-20(17-33-3)13-9-15-22(32)26-21-14-8-12-19(25-21)16-35-28-23(18-10-6-5-7-11-18)24-27-29-30-31(24)2/h5-8,10-12,14,20H,4,9,13,15-17H2,1-3H3,(H,25,26,32)/b28-23-. The van der Waals surface area contributed by atoms with Crippen LogP contribution in [0.5, 0.6) is 0 Å². The van der Waals surface area contributed by atoms with E-state index >= 15 is 0 Å². The third-order valence-corrected chi connectivity index (χ3v) is 5.01. The molecule has 0 radical (unpaired) electrons. The van der Waals surface area contributed by atoms with Gasteiger partial charge >= 0.3 is 0 Å². The topological polar surface area (TPSA) is 126 Å². The zero-order valence-corrected chi connectivity index (χ0v) is 20.3. The average Bonchev–Trinajstić information content (AvgIpc) is 3.28. The molecule has 186 valence electrons. The van der Waals surface area contributed by atoms with Crippen molar-refractivity contribution in [1.82, 2.24) is 25.2 Å². The number of hydrogen-bond acceptors (Lipinski definition) is 9. The predicted molar refractivity (Wildman–Crippen MR) is 130 cm³/mol. The van der Waals surface area contributed by atoms with Crippen molar-refractivity contribution >= 4 is 17.4 Å². The van der Waals surface area contributed by atoms with Gasteiger partial charge in [-0.15, -0.1) is 5.10 Å². The summed E-state index contributed by atoms with van der Waals surface area (Å²) in [5.74, 6) is 0.823. The number of benzene rings is 1. The van der Waals surface area contributed by atoms with Gasteiger partial charge in [-0.25, -0.2) is 9.67 Å². The molecule has 0 saturated heterocycles. The molecule has 0 bridgehead atoms. The second-order valence-electron chi connectivity index (χ2n) is 7.69. The van der Waals surface area contributed by atoms with Gasteiger partial charge in [0.1, 0.15) is 5.82 Å². The van der Waals surface area contributed by atoms with Crippen molar-refractivity contribution in [3.8, 4) is 0 Å². The number of methoxy groups -OCH3 is 1. The maximum atomic E-state index is 12.3. The van der Waals surface area contributed by atoms with Gasteiger partial charge in [-0.05, 0) is 42.3 Å². The van der Waals surface area contributed by atoms with E-state index in [9.17, 15) is 4.79 Å². The number of aromatic nitrogens is 5. The van der Waals surface area contributed by atoms with E-state index in [4.69, 9.17) is 14.3 Å². The van der Waals surface area contributed by atoms with Crippen molar-refractivity contribution in [1.29, 1.82) is 0 Å². The van der Waals surface area contributed by atoms with Gasteiger partial charge in [0.05, 0.1) is 18.4 Å². The summed E-state index contributed by atoms with van der Waals surface area (Å²) in [6, 6.07) is 14.9. The number of carbonyl (C=O) groups excluding carboxylic acids is 1. The number of nitrogens with zero attached hydrogens (tertiary/aromatic N) is 6. The Morgan fingerprint density at radius 2 is 2.00 bits per heavy atom. The summed E-state index contributed by atoms with van der Waals surface area (Å²) in [7, 11) is 3.37. The molecule has 2 aromatic heterocycles.